The predicted molar refractivity (Wildman–Crippen MR) is 111 cm³/mol. The van der Waals surface area contributed by atoms with Crippen LogP contribution < -0.4 is 5.43 Å². The standard InChI is InChI=1S/C17H15ClN4O2S3/c1-11-6-7-13(24-11)8-19-20-15(23)10-26-17-22-21-16(27-17)25-9-12-4-2-3-5-14(12)18/h2-8H,9-10H2,1H3,(H,20,23)/b19-8-. The van der Waals surface area contributed by atoms with Crippen LogP contribution in [-0.2, 0) is 10.5 Å². The predicted octanol–water partition coefficient (Wildman–Crippen LogP) is 4.63. The number of thioether (sulfide) groups is 2. The summed E-state index contributed by atoms with van der Waals surface area (Å²) < 4.78 is 6.90. The third-order valence-corrected chi connectivity index (χ3v) is 6.77. The molecule has 0 aliphatic carbocycles. The summed E-state index contributed by atoms with van der Waals surface area (Å²) in [7, 11) is 0. The summed E-state index contributed by atoms with van der Waals surface area (Å²) in [5.74, 6) is 2.08. The monoisotopic (exact) mass is 438 g/mol. The van der Waals surface area contributed by atoms with Crippen LogP contribution in [0.25, 0.3) is 0 Å². The number of rotatable bonds is 8. The molecule has 0 radical (unpaired) electrons. The van der Waals surface area contributed by atoms with Crippen molar-refractivity contribution in [2.75, 3.05) is 5.75 Å². The quantitative estimate of drug-likeness (QED) is 0.314. The van der Waals surface area contributed by atoms with Gasteiger partial charge in [0.25, 0.3) is 5.91 Å². The van der Waals surface area contributed by atoms with Crippen LogP contribution in [-0.4, -0.2) is 28.1 Å². The highest BCUT2D eigenvalue weighted by molar-refractivity contribution is 8.03. The number of hydrazone groups is 1. The first-order valence-corrected chi connectivity index (χ1v) is 11.0. The smallest absolute Gasteiger partial charge is 0.250 e. The van der Waals surface area contributed by atoms with E-state index in [2.05, 4.69) is 20.7 Å². The second-order valence-electron chi connectivity index (χ2n) is 5.24. The summed E-state index contributed by atoms with van der Waals surface area (Å²) in [5.41, 5.74) is 3.51. The number of nitrogens with zero attached hydrogens (tertiary/aromatic N) is 3. The van der Waals surface area contributed by atoms with Crippen molar-refractivity contribution in [3.05, 3.63) is 58.5 Å². The molecule has 0 aliphatic rings. The van der Waals surface area contributed by atoms with Gasteiger partial charge in [0.15, 0.2) is 8.68 Å². The van der Waals surface area contributed by atoms with Gasteiger partial charge < -0.3 is 4.42 Å². The highest BCUT2D eigenvalue weighted by Gasteiger charge is 2.09. The summed E-state index contributed by atoms with van der Waals surface area (Å²) in [6.45, 7) is 1.84. The van der Waals surface area contributed by atoms with E-state index in [1.54, 1.807) is 17.8 Å². The molecule has 0 bridgehead atoms. The maximum atomic E-state index is 11.8. The molecule has 1 aromatic carbocycles. The molecular formula is C17H15ClN4O2S3. The van der Waals surface area contributed by atoms with Crippen LogP contribution in [0.4, 0.5) is 0 Å². The van der Waals surface area contributed by atoms with Crippen molar-refractivity contribution < 1.29 is 9.21 Å². The molecule has 0 spiro atoms. The molecule has 0 saturated heterocycles. The average Bonchev–Trinajstić information content (AvgIpc) is 3.28. The van der Waals surface area contributed by atoms with Gasteiger partial charge in [0.2, 0.25) is 0 Å². The summed E-state index contributed by atoms with van der Waals surface area (Å²) in [6, 6.07) is 11.3. The summed E-state index contributed by atoms with van der Waals surface area (Å²) in [4.78, 5) is 11.8. The molecular weight excluding hydrogens is 424 g/mol. The lowest BCUT2D eigenvalue weighted by Crippen LogP contribution is -2.19. The highest BCUT2D eigenvalue weighted by atomic mass is 35.5. The molecule has 3 aromatic rings. The van der Waals surface area contributed by atoms with Gasteiger partial charge in [0, 0.05) is 10.8 Å². The Bertz CT molecular complexity index is 942. The lowest BCUT2D eigenvalue weighted by atomic mass is 10.2. The molecule has 27 heavy (non-hydrogen) atoms. The number of aryl methyl sites for hydroxylation is 1. The molecule has 0 aliphatic heterocycles. The lowest BCUT2D eigenvalue weighted by molar-refractivity contribution is -0.118. The van der Waals surface area contributed by atoms with Crippen LogP contribution in [0.5, 0.6) is 0 Å². The number of hydrogen-bond donors (Lipinski definition) is 1. The van der Waals surface area contributed by atoms with E-state index in [9.17, 15) is 4.79 Å². The number of halogens is 1. The van der Waals surface area contributed by atoms with E-state index in [0.29, 0.717) is 5.76 Å². The number of benzene rings is 1. The van der Waals surface area contributed by atoms with Crippen LogP contribution in [0.3, 0.4) is 0 Å². The number of carbonyl (C=O) groups excluding carboxylic acids is 1. The molecule has 10 heteroatoms. The molecule has 3 rings (SSSR count). The van der Waals surface area contributed by atoms with Crippen molar-refractivity contribution in [3.63, 3.8) is 0 Å². The van der Waals surface area contributed by atoms with Crippen molar-refractivity contribution in [2.24, 2.45) is 5.10 Å². The molecule has 0 saturated carbocycles. The number of amides is 1. The molecule has 140 valence electrons. The Labute approximate surface area is 173 Å². The van der Waals surface area contributed by atoms with E-state index >= 15 is 0 Å². The maximum absolute atomic E-state index is 11.8. The summed E-state index contributed by atoms with van der Waals surface area (Å²) in [5, 5.41) is 12.8. The molecule has 1 N–H and O–H groups in total. The molecule has 0 fully saturated rings. The van der Waals surface area contributed by atoms with Gasteiger partial charge in [0.1, 0.15) is 11.5 Å². The molecule has 2 heterocycles. The minimum atomic E-state index is -0.222. The van der Waals surface area contributed by atoms with Crippen LogP contribution in [0.2, 0.25) is 5.02 Å². The second-order valence-corrected chi connectivity index (χ2v) is 9.07. The van der Waals surface area contributed by atoms with E-state index in [1.807, 2.05) is 37.3 Å². The Morgan fingerprint density at radius 2 is 2.04 bits per heavy atom. The molecule has 6 nitrogen and oxygen atoms in total. The molecule has 0 atom stereocenters. The second kappa shape index (κ2) is 9.93. The molecule has 1 amide bonds. The van der Waals surface area contributed by atoms with Gasteiger partial charge in [0.05, 0.1) is 12.0 Å². The van der Waals surface area contributed by atoms with Crippen molar-refractivity contribution in [1.82, 2.24) is 15.6 Å². The van der Waals surface area contributed by atoms with Gasteiger partial charge >= 0.3 is 0 Å². The van der Waals surface area contributed by atoms with Crippen molar-refractivity contribution in [2.45, 2.75) is 21.4 Å². The zero-order valence-corrected chi connectivity index (χ0v) is 17.4. The van der Waals surface area contributed by atoms with E-state index in [1.165, 1.54) is 29.3 Å². The Kier molecular flexibility index (Phi) is 7.33. The van der Waals surface area contributed by atoms with Crippen LogP contribution in [0.15, 0.2) is 54.6 Å². The Morgan fingerprint density at radius 1 is 1.26 bits per heavy atom. The van der Waals surface area contributed by atoms with Crippen LogP contribution in [0.1, 0.15) is 17.1 Å². The molecule has 0 unspecified atom stereocenters. The van der Waals surface area contributed by atoms with Crippen molar-refractivity contribution in [3.8, 4) is 0 Å². The van der Waals surface area contributed by atoms with E-state index in [-0.39, 0.29) is 11.7 Å². The van der Waals surface area contributed by atoms with Gasteiger partial charge in [-0.3, -0.25) is 4.79 Å². The number of aromatic nitrogens is 2. The fraction of sp³-hybridized carbons (Fsp3) is 0.176. The van der Waals surface area contributed by atoms with Gasteiger partial charge in [-0.05, 0) is 30.7 Å². The number of nitrogens with one attached hydrogen (secondary N) is 1. The van der Waals surface area contributed by atoms with Gasteiger partial charge in [-0.2, -0.15) is 5.10 Å². The minimum absolute atomic E-state index is 0.207. The fourth-order valence-corrected chi connectivity index (χ4v) is 5.02. The Morgan fingerprint density at radius 3 is 2.78 bits per heavy atom. The SMILES string of the molecule is Cc1ccc(/C=N\NC(=O)CSc2nnc(SCc3ccccc3Cl)s2)o1. The highest BCUT2D eigenvalue weighted by Crippen LogP contribution is 2.32. The summed E-state index contributed by atoms with van der Waals surface area (Å²) in [6.07, 6.45) is 1.46. The normalized spacial score (nSPS) is 11.2. The topological polar surface area (TPSA) is 80.4 Å². The van der Waals surface area contributed by atoms with Crippen molar-refractivity contribution >= 4 is 58.6 Å². The summed E-state index contributed by atoms with van der Waals surface area (Å²) >= 11 is 10.5. The van der Waals surface area contributed by atoms with Crippen molar-refractivity contribution in [1.29, 1.82) is 0 Å². The van der Waals surface area contributed by atoms with Gasteiger partial charge in [-0.1, -0.05) is 64.7 Å². The van der Waals surface area contributed by atoms with Crippen LogP contribution >= 0.6 is 46.5 Å². The van der Waals surface area contributed by atoms with E-state index in [4.69, 9.17) is 16.0 Å². The minimum Gasteiger partial charge on any atom is -0.460 e. The zero-order valence-electron chi connectivity index (χ0n) is 14.2. The fourth-order valence-electron chi connectivity index (χ4n) is 1.92. The number of hydrogen-bond acceptors (Lipinski definition) is 8. The first-order valence-electron chi connectivity index (χ1n) is 7.81. The Hall–Kier alpha value is -1.81. The van der Waals surface area contributed by atoms with Crippen LogP contribution in [0, 0.1) is 6.92 Å². The third kappa shape index (κ3) is 6.39. The first kappa shape index (κ1) is 19.9. The van der Waals surface area contributed by atoms with Gasteiger partial charge in [-0.25, -0.2) is 5.43 Å². The lowest BCUT2D eigenvalue weighted by Gasteiger charge is -2.00. The third-order valence-electron chi connectivity index (χ3n) is 3.17. The number of carbonyl (C=O) groups is 1. The Balaban J connectivity index is 1.41. The maximum Gasteiger partial charge on any atom is 0.250 e. The largest absolute Gasteiger partial charge is 0.460 e. The average molecular weight is 439 g/mol. The van der Waals surface area contributed by atoms with E-state index < -0.39 is 0 Å². The molecule has 2 aromatic heterocycles. The zero-order chi connectivity index (χ0) is 19.1. The van der Waals surface area contributed by atoms with E-state index in [0.717, 1.165) is 30.8 Å². The first-order chi connectivity index (χ1) is 13.1. The van der Waals surface area contributed by atoms with Gasteiger partial charge in [-0.15, -0.1) is 10.2 Å². The number of furan rings is 1.